The van der Waals surface area contributed by atoms with Crippen molar-refractivity contribution in [3.8, 4) is 5.75 Å². The summed E-state index contributed by atoms with van der Waals surface area (Å²) in [7, 11) is -3.53. The Balaban J connectivity index is 1.96. The summed E-state index contributed by atoms with van der Waals surface area (Å²) in [4.78, 5) is 12.0. The Morgan fingerprint density at radius 3 is 2.30 bits per heavy atom. The van der Waals surface area contributed by atoms with E-state index in [1.165, 1.54) is 18.6 Å². The molecule has 0 atom stereocenters. The minimum Gasteiger partial charge on any atom is -0.383 e. The van der Waals surface area contributed by atoms with Crippen LogP contribution in [0.4, 0.5) is 0 Å². The quantitative estimate of drug-likeness (QED) is 0.864. The zero-order valence-corrected chi connectivity index (χ0v) is 12.3. The van der Waals surface area contributed by atoms with Crippen molar-refractivity contribution in [2.45, 2.75) is 38.1 Å². The lowest BCUT2D eigenvalue weighted by molar-refractivity contribution is 0.0927. The average molecular weight is 297 g/mol. The molecule has 1 fully saturated rings. The molecule has 1 aliphatic rings. The Morgan fingerprint density at radius 1 is 1.15 bits per heavy atom. The van der Waals surface area contributed by atoms with Gasteiger partial charge in [-0.05, 0) is 37.1 Å². The van der Waals surface area contributed by atoms with Crippen molar-refractivity contribution in [3.05, 3.63) is 29.8 Å². The largest absolute Gasteiger partial charge is 0.383 e. The zero-order chi connectivity index (χ0) is 14.6. The molecule has 0 aliphatic heterocycles. The van der Waals surface area contributed by atoms with E-state index in [0.717, 1.165) is 31.9 Å². The van der Waals surface area contributed by atoms with Crippen LogP contribution in [0, 0.1) is 0 Å². The third-order valence-electron chi connectivity index (χ3n) is 3.30. The van der Waals surface area contributed by atoms with Crippen molar-refractivity contribution in [2.24, 2.45) is 0 Å². The van der Waals surface area contributed by atoms with E-state index >= 15 is 0 Å². The first-order chi connectivity index (χ1) is 9.44. The molecule has 1 N–H and O–H groups in total. The molecule has 20 heavy (non-hydrogen) atoms. The number of benzene rings is 1. The minimum atomic E-state index is -3.53. The van der Waals surface area contributed by atoms with Crippen LogP contribution in [-0.2, 0) is 10.1 Å². The van der Waals surface area contributed by atoms with Gasteiger partial charge in [0.2, 0.25) is 0 Å². The predicted octanol–water partition coefficient (Wildman–Crippen LogP) is 2.09. The average Bonchev–Trinajstić information content (AvgIpc) is 2.39. The summed E-state index contributed by atoms with van der Waals surface area (Å²) >= 11 is 0. The lowest BCUT2D eigenvalue weighted by atomic mass is 9.95. The van der Waals surface area contributed by atoms with Crippen LogP contribution in [0.3, 0.4) is 0 Å². The summed E-state index contributed by atoms with van der Waals surface area (Å²) in [5.74, 6) is 0.0875. The highest BCUT2D eigenvalue weighted by Gasteiger charge is 2.16. The summed E-state index contributed by atoms with van der Waals surface area (Å²) in [5.41, 5.74) is 0.511. The molecular formula is C14H19NO4S. The van der Waals surface area contributed by atoms with Crippen LogP contribution in [0.1, 0.15) is 42.5 Å². The Morgan fingerprint density at radius 2 is 1.75 bits per heavy atom. The molecule has 0 saturated heterocycles. The molecule has 0 spiro atoms. The smallest absolute Gasteiger partial charge is 0.306 e. The van der Waals surface area contributed by atoms with Crippen LogP contribution in [0.5, 0.6) is 5.75 Å². The third-order valence-corrected chi connectivity index (χ3v) is 3.80. The van der Waals surface area contributed by atoms with Gasteiger partial charge in [-0.25, -0.2) is 0 Å². The van der Waals surface area contributed by atoms with Crippen molar-refractivity contribution in [2.75, 3.05) is 6.26 Å². The lowest BCUT2D eigenvalue weighted by Crippen LogP contribution is -2.36. The van der Waals surface area contributed by atoms with Gasteiger partial charge >= 0.3 is 10.1 Å². The van der Waals surface area contributed by atoms with Crippen LogP contribution in [0.15, 0.2) is 24.3 Å². The SMILES string of the molecule is CS(=O)(=O)Oc1ccc(C(=O)NC2CCCCC2)cc1. The molecule has 110 valence electrons. The highest BCUT2D eigenvalue weighted by Crippen LogP contribution is 2.18. The van der Waals surface area contributed by atoms with E-state index in [2.05, 4.69) is 5.32 Å². The fraction of sp³-hybridized carbons (Fsp3) is 0.500. The fourth-order valence-electron chi connectivity index (χ4n) is 2.35. The van der Waals surface area contributed by atoms with Gasteiger partial charge in [0.05, 0.1) is 6.26 Å². The van der Waals surface area contributed by atoms with Gasteiger partial charge in [0.15, 0.2) is 0 Å². The number of amides is 1. The van der Waals surface area contributed by atoms with E-state index in [0.29, 0.717) is 5.56 Å². The van der Waals surface area contributed by atoms with Gasteiger partial charge in [-0.2, -0.15) is 8.42 Å². The molecule has 2 rings (SSSR count). The van der Waals surface area contributed by atoms with Gasteiger partial charge in [-0.3, -0.25) is 4.79 Å². The molecule has 0 radical (unpaired) electrons. The standard InChI is InChI=1S/C14H19NO4S/c1-20(17,18)19-13-9-7-11(8-10-13)14(16)15-12-5-3-2-4-6-12/h7-10,12H,2-6H2,1H3,(H,15,16). The highest BCUT2D eigenvalue weighted by molar-refractivity contribution is 7.86. The summed E-state index contributed by atoms with van der Waals surface area (Å²) in [6.07, 6.45) is 6.60. The number of nitrogens with one attached hydrogen (secondary N) is 1. The monoisotopic (exact) mass is 297 g/mol. The van der Waals surface area contributed by atoms with E-state index in [1.54, 1.807) is 12.1 Å². The molecule has 1 aromatic rings. The predicted molar refractivity (Wildman–Crippen MR) is 76.3 cm³/mol. The Labute approximate surface area is 119 Å². The normalized spacial score (nSPS) is 16.6. The molecule has 1 aromatic carbocycles. The van der Waals surface area contributed by atoms with Crippen molar-refractivity contribution >= 4 is 16.0 Å². The number of carbonyl (C=O) groups excluding carboxylic acids is 1. The van der Waals surface area contributed by atoms with Crippen LogP contribution in [0.25, 0.3) is 0 Å². The van der Waals surface area contributed by atoms with Gasteiger partial charge in [-0.15, -0.1) is 0 Å². The van der Waals surface area contributed by atoms with Crippen LogP contribution < -0.4 is 9.50 Å². The topological polar surface area (TPSA) is 72.5 Å². The van der Waals surface area contributed by atoms with Gasteiger partial charge in [0, 0.05) is 11.6 Å². The van der Waals surface area contributed by atoms with Crippen LogP contribution in [-0.4, -0.2) is 26.6 Å². The Kier molecular flexibility index (Phi) is 4.65. The molecule has 0 heterocycles. The lowest BCUT2D eigenvalue weighted by Gasteiger charge is -2.22. The van der Waals surface area contributed by atoms with E-state index in [4.69, 9.17) is 4.18 Å². The molecule has 5 nitrogen and oxygen atoms in total. The molecule has 1 aliphatic carbocycles. The highest BCUT2D eigenvalue weighted by atomic mass is 32.2. The maximum absolute atomic E-state index is 12.0. The maximum atomic E-state index is 12.0. The summed E-state index contributed by atoms with van der Waals surface area (Å²) in [5, 5.41) is 3.00. The molecule has 6 heteroatoms. The summed E-state index contributed by atoms with van der Waals surface area (Å²) in [6.45, 7) is 0. The number of hydrogen-bond acceptors (Lipinski definition) is 4. The summed E-state index contributed by atoms with van der Waals surface area (Å²) in [6, 6.07) is 6.36. The number of rotatable bonds is 4. The Hall–Kier alpha value is -1.56. The van der Waals surface area contributed by atoms with E-state index in [-0.39, 0.29) is 17.7 Å². The number of hydrogen-bond donors (Lipinski definition) is 1. The molecule has 1 saturated carbocycles. The van der Waals surface area contributed by atoms with E-state index in [9.17, 15) is 13.2 Å². The zero-order valence-electron chi connectivity index (χ0n) is 11.5. The summed E-state index contributed by atoms with van der Waals surface area (Å²) < 4.78 is 26.7. The minimum absolute atomic E-state index is 0.122. The molecular weight excluding hydrogens is 278 g/mol. The molecule has 0 unspecified atom stereocenters. The van der Waals surface area contributed by atoms with Crippen LogP contribution >= 0.6 is 0 Å². The van der Waals surface area contributed by atoms with E-state index in [1.807, 2.05) is 0 Å². The number of carbonyl (C=O) groups is 1. The van der Waals surface area contributed by atoms with Crippen molar-refractivity contribution in [1.82, 2.24) is 5.32 Å². The van der Waals surface area contributed by atoms with Gasteiger partial charge in [0.1, 0.15) is 5.75 Å². The van der Waals surface area contributed by atoms with Crippen molar-refractivity contribution in [1.29, 1.82) is 0 Å². The first kappa shape index (κ1) is 14.8. The van der Waals surface area contributed by atoms with Gasteiger partial charge in [-0.1, -0.05) is 19.3 Å². The van der Waals surface area contributed by atoms with Crippen molar-refractivity contribution in [3.63, 3.8) is 0 Å². The van der Waals surface area contributed by atoms with Gasteiger partial charge in [0.25, 0.3) is 5.91 Å². The second kappa shape index (κ2) is 6.26. The molecule has 0 aromatic heterocycles. The first-order valence-electron chi connectivity index (χ1n) is 6.74. The second-order valence-corrected chi connectivity index (χ2v) is 6.70. The second-order valence-electron chi connectivity index (χ2n) is 5.12. The van der Waals surface area contributed by atoms with Crippen LogP contribution in [0.2, 0.25) is 0 Å². The maximum Gasteiger partial charge on any atom is 0.306 e. The van der Waals surface area contributed by atoms with Crippen molar-refractivity contribution < 1.29 is 17.4 Å². The fourth-order valence-corrected chi connectivity index (χ4v) is 2.81. The third kappa shape index (κ3) is 4.52. The molecule has 0 bridgehead atoms. The van der Waals surface area contributed by atoms with Gasteiger partial charge < -0.3 is 9.50 Å². The Bertz CT molecular complexity index is 559. The first-order valence-corrected chi connectivity index (χ1v) is 8.56. The molecule has 1 amide bonds. The van der Waals surface area contributed by atoms with E-state index < -0.39 is 10.1 Å².